The van der Waals surface area contributed by atoms with Crippen LogP contribution in [-0.4, -0.2) is 11.7 Å². The van der Waals surface area contributed by atoms with Crippen LogP contribution in [0.3, 0.4) is 0 Å². The summed E-state index contributed by atoms with van der Waals surface area (Å²) < 4.78 is 0. The first-order valence-electron chi connectivity index (χ1n) is 4.38. The summed E-state index contributed by atoms with van der Waals surface area (Å²) in [5, 5.41) is 17.4. The van der Waals surface area contributed by atoms with Gasteiger partial charge in [0, 0.05) is 12.0 Å². The summed E-state index contributed by atoms with van der Waals surface area (Å²) in [6.07, 6.45) is 0.443. The molecule has 70 valence electrons. The molecule has 0 aromatic heterocycles. The van der Waals surface area contributed by atoms with Gasteiger partial charge in [-0.2, -0.15) is 5.26 Å². The second kappa shape index (κ2) is 5.07. The van der Waals surface area contributed by atoms with Gasteiger partial charge >= 0.3 is 0 Å². The van der Waals surface area contributed by atoms with Gasteiger partial charge in [-0.05, 0) is 24.6 Å². The summed E-state index contributed by atoms with van der Waals surface area (Å²) in [6, 6.07) is 7.61. The number of benzene rings is 1. The molecule has 0 aliphatic rings. The lowest BCUT2D eigenvalue weighted by atomic mass is 10.1. The molecule has 0 radical (unpaired) electrons. The van der Waals surface area contributed by atoms with Crippen molar-refractivity contribution in [3.63, 3.8) is 0 Å². The highest BCUT2D eigenvalue weighted by atomic mass is 16.2. The molecule has 0 spiro atoms. The molecule has 0 unspecified atom stereocenters. The smallest absolute Gasteiger partial charge is 0.100 e. The molecular formula is C12H11NO. The molecule has 0 aliphatic heterocycles. The Balaban J connectivity index is 3.02. The van der Waals surface area contributed by atoms with Gasteiger partial charge in [0.15, 0.2) is 0 Å². The summed E-state index contributed by atoms with van der Waals surface area (Å²) in [5.41, 5.74) is 2.40. The number of nitriles is 1. The number of aliphatic hydroxyl groups is 1. The lowest BCUT2D eigenvalue weighted by Gasteiger charge is -1.96. The van der Waals surface area contributed by atoms with Crippen LogP contribution in [0, 0.1) is 30.1 Å². The normalized spacial score (nSPS) is 8.64. The van der Waals surface area contributed by atoms with E-state index >= 15 is 0 Å². The third-order valence-corrected chi connectivity index (χ3v) is 1.76. The van der Waals surface area contributed by atoms with E-state index in [4.69, 9.17) is 10.4 Å². The van der Waals surface area contributed by atoms with Gasteiger partial charge in [0.05, 0.1) is 12.2 Å². The van der Waals surface area contributed by atoms with Crippen LogP contribution in [0.1, 0.15) is 23.1 Å². The molecule has 0 saturated carbocycles. The minimum atomic E-state index is 0.0563. The highest BCUT2D eigenvalue weighted by Gasteiger charge is 1.97. The number of hydrogen-bond acceptors (Lipinski definition) is 2. The van der Waals surface area contributed by atoms with Gasteiger partial charge in [-0.3, -0.25) is 0 Å². The lowest BCUT2D eigenvalue weighted by molar-refractivity contribution is 0.305. The second-order valence-electron chi connectivity index (χ2n) is 2.94. The highest BCUT2D eigenvalue weighted by Crippen LogP contribution is 2.09. The molecule has 0 amide bonds. The predicted molar refractivity (Wildman–Crippen MR) is 54.5 cm³/mol. The molecule has 0 bridgehead atoms. The zero-order valence-corrected chi connectivity index (χ0v) is 8.04. The average Bonchev–Trinajstić information content (AvgIpc) is 2.19. The molecule has 2 heteroatoms. The Morgan fingerprint density at radius 3 is 2.79 bits per heavy atom. The standard InChI is InChI=1S/C12H11NO/c1-10-5-6-12(9-13)11(8-10)4-2-3-7-14/h5-6,8,14H,3,7H2,1H3. The molecule has 1 aromatic carbocycles. The van der Waals surface area contributed by atoms with Crippen LogP contribution in [0.25, 0.3) is 0 Å². The molecule has 1 rings (SSSR count). The largest absolute Gasteiger partial charge is 0.395 e. The number of hydrogen-bond donors (Lipinski definition) is 1. The van der Waals surface area contributed by atoms with Crippen molar-refractivity contribution in [1.29, 1.82) is 5.26 Å². The summed E-state index contributed by atoms with van der Waals surface area (Å²) in [4.78, 5) is 0. The Labute approximate surface area is 83.8 Å². The van der Waals surface area contributed by atoms with Crippen LogP contribution in [0.15, 0.2) is 18.2 Å². The SMILES string of the molecule is Cc1ccc(C#N)c(C#CCCO)c1. The van der Waals surface area contributed by atoms with Crippen LogP contribution in [0.2, 0.25) is 0 Å². The predicted octanol–water partition coefficient (Wildman–Crippen LogP) is 1.60. The van der Waals surface area contributed by atoms with E-state index in [0.29, 0.717) is 12.0 Å². The summed E-state index contributed by atoms with van der Waals surface area (Å²) >= 11 is 0. The Hall–Kier alpha value is -1.77. The number of aliphatic hydroxyl groups excluding tert-OH is 1. The molecule has 14 heavy (non-hydrogen) atoms. The molecule has 0 atom stereocenters. The number of aryl methyl sites for hydroxylation is 1. The zero-order valence-electron chi connectivity index (χ0n) is 8.04. The third-order valence-electron chi connectivity index (χ3n) is 1.76. The van der Waals surface area contributed by atoms with Crippen LogP contribution in [0.5, 0.6) is 0 Å². The first kappa shape index (κ1) is 10.3. The molecule has 0 fully saturated rings. The molecule has 0 heterocycles. The van der Waals surface area contributed by atoms with Gasteiger partial charge in [-0.15, -0.1) is 0 Å². The summed E-state index contributed by atoms with van der Waals surface area (Å²) in [5.74, 6) is 5.68. The van der Waals surface area contributed by atoms with Crippen molar-refractivity contribution in [3.8, 4) is 17.9 Å². The molecule has 1 N–H and O–H groups in total. The van der Waals surface area contributed by atoms with Crippen molar-refractivity contribution in [1.82, 2.24) is 0 Å². The van der Waals surface area contributed by atoms with E-state index in [-0.39, 0.29) is 6.61 Å². The fourth-order valence-electron chi connectivity index (χ4n) is 1.07. The maximum atomic E-state index is 8.80. The Morgan fingerprint density at radius 1 is 1.36 bits per heavy atom. The van der Waals surface area contributed by atoms with Crippen LogP contribution in [-0.2, 0) is 0 Å². The minimum absolute atomic E-state index is 0.0563. The average molecular weight is 185 g/mol. The Bertz CT molecular complexity index is 418. The van der Waals surface area contributed by atoms with E-state index in [2.05, 4.69) is 17.9 Å². The number of nitrogens with zero attached hydrogens (tertiary/aromatic N) is 1. The van der Waals surface area contributed by atoms with Crippen LogP contribution >= 0.6 is 0 Å². The molecule has 0 aliphatic carbocycles. The van der Waals surface area contributed by atoms with Gasteiger partial charge in [0.25, 0.3) is 0 Å². The van der Waals surface area contributed by atoms with Crippen molar-refractivity contribution >= 4 is 0 Å². The van der Waals surface area contributed by atoms with Gasteiger partial charge in [-0.1, -0.05) is 17.9 Å². The van der Waals surface area contributed by atoms with E-state index < -0.39 is 0 Å². The van der Waals surface area contributed by atoms with E-state index in [1.165, 1.54) is 0 Å². The van der Waals surface area contributed by atoms with Crippen molar-refractivity contribution in [2.24, 2.45) is 0 Å². The van der Waals surface area contributed by atoms with Gasteiger partial charge < -0.3 is 5.11 Å². The fraction of sp³-hybridized carbons (Fsp3) is 0.250. The Kier molecular flexibility index (Phi) is 3.73. The minimum Gasteiger partial charge on any atom is -0.395 e. The van der Waals surface area contributed by atoms with E-state index in [0.717, 1.165) is 11.1 Å². The maximum Gasteiger partial charge on any atom is 0.100 e. The first-order chi connectivity index (χ1) is 6.77. The summed E-state index contributed by atoms with van der Waals surface area (Å²) in [6.45, 7) is 2.01. The Morgan fingerprint density at radius 2 is 2.14 bits per heavy atom. The first-order valence-corrected chi connectivity index (χ1v) is 4.38. The monoisotopic (exact) mass is 185 g/mol. The van der Waals surface area contributed by atoms with Crippen LogP contribution < -0.4 is 0 Å². The molecule has 1 aromatic rings. The molecule has 2 nitrogen and oxygen atoms in total. The lowest BCUT2D eigenvalue weighted by Crippen LogP contribution is -1.85. The third kappa shape index (κ3) is 2.62. The van der Waals surface area contributed by atoms with Crippen molar-refractivity contribution in [2.75, 3.05) is 6.61 Å². The van der Waals surface area contributed by atoms with E-state index in [1.54, 1.807) is 6.07 Å². The molecular weight excluding hydrogens is 174 g/mol. The van der Waals surface area contributed by atoms with E-state index in [9.17, 15) is 0 Å². The fourth-order valence-corrected chi connectivity index (χ4v) is 1.07. The number of rotatable bonds is 1. The van der Waals surface area contributed by atoms with Gasteiger partial charge in [-0.25, -0.2) is 0 Å². The maximum absolute atomic E-state index is 8.80. The van der Waals surface area contributed by atoms with Gasteiger partial charge in [0.2, 0.25) is 0 Å². The van der Waals surface area contributed by atoms with Crippen molar-refractivity contribution in [3.05, 3.63) is 34.9 Å². The second-order valence-corrected chi connectivity index (χ2v) is 2.94. The van der Waals surface area contributed by atoms with Crippen molar-refractivity contribution in [2.45, 2.75) is 13.3 Å². The van der Waals surface area contributed by atoms with Crippen molar-refractivity contribution < 1.29 is 5.11 Å². The highest BCUT2D eigenvalue weighted by molar-refractivity contribution is 5.49. The summed E-state index contributed by atoms with van der Waals surface area (Å²) in [7, 11) is 0. The quantitative estimate of drug-likeness (QED) is 0.675. The zero-order chi connectivity index (χ0) is 10.4. The molecule has 0 saturated heterocycles. The van der Waals surface area contributed by atoms with E-state index in [1.807, 2.05) is 19.1 Å². The topological polar surface area (TPSA) is 44.0 Å². The van der Waals surface area contributed by atoms with Crippen LogP contribution in [0.4, 0.5) is 0 Å². The van der Waals surface area contributed by atoms with Gasteiger partial charge in [0.1, 0.15) is 6.07 Å².